The Bertz CT molecular complexity index is 2030. The van der Waals surface area contributed by atoms with Gasteiger partial charge in [-0.3, -0.25) is 4.90 Å². The molecule has 9 rings (SSSR count). The molecule has 2 aromatic carbocycles. The number of carbonyl (C=O) groups is 1. The Balaban J connectivity index is 0.963. The van der Waals surface area contributed by atoms with Crippen molar-refractivity contribution in [2.24, 2.45) is 11.8 Å². The predicted molar refractivity (Wildman–Crippen MR) is 190 cm³/mol. The fourth-order valence-electron chi connectivity index (χ4n) is 7.97. The Morgan fingerprint density at radius 2 is 1.51 bits per heavy atom. The lowest BCUT2D eigenvalue weighted by atomic mass is 9.75. The summed E-state index contributed by atoms with van der Waals surface area (Å²) in [6.45, 7) is 10.8. The fourth-order valence-corrected chi connectivity index (χ4v) is 7.97. The molecule has 3 aliphatic carbocycles. The van der Waals surface area contributed by atoms with E-state index in [1.165, 1.54) is 37.7 Å². The van der Waals surface area contributed by atoms with Crippen molar-refractivity contribution in [2.45, 2.75) is 96.1 Å². The molecule has 5 aliphatic rings. The summed E-state index contributed by atoms with van der Waals surface area (Å²) >= 11 is 0. The van der Waals surface area contributed by atoms with E-state index in [1.807, 2.05) is 27.0 Å². The van der Waals surface area contributed by atoms with Gasteiger partial charge in [0.1, 0.15) is 34.8 Å². The van der Waals surface area contributed by atoms with Gasteiger partial charge in [0.2, 0.25) is 0 Å². The topological polar surface area (TPSA) is 96.1 Å². The lowest BCUT2D eigenvalue weighted by molar-refractivity contribution is 0.0231. The lowest BCUT2D eigenvalue weighted by Crippen LogP contribution is -2.37. The van der Waals surface area contributed by atoms with Crippen molar-refractivity contribution in [3.8, 4) is 34.0 Å². The Hall–Kier alpha value is -4.59. The minimum Gasteiger partial charge on any atom is -0.457 e. The van der Waals surface area contributed by atoms with Crippen LogP contribution in [0, 0.1) is 11.8 Å². The van der Waals surface area contributed by atoms with Gasteiger partial charge in [-0.15, -0.1) is 0 Å². The van der Waals surface area contributed by atoms with Gasteiger partial charge in [0, 0.05) is 52.5 Å². The summed E-state index contributed by atoms with van der Waals surface area (Å²) in [4.78, 5) is 32.0. The van der Waals surface area contributed by atoms with E-state index >= 15 is 0 Å². The molecule has 2 atom stereocenters. The minimum atomic E-state index is -0.565. The van der Waals surface area contributed by atoms with E-state index in [0.717, 1.165) is 69.1 Å². The second-order valence-electron chi connectivity index (χ2n) is 16.2. The highest BCUT2D eigenvalue weighted by atomic mass is 16.6. The predicted octanol–water partition coefficient (Wildman–Crippen LogP) is 9.74. The molecule has 1 amide bonds. The van der Waals surface area contributed by atoms with Gasteiger partial charge in [0.15, 0.2) is 0 Å². The third kappa shape index (κ3) is 5.59. The number of aromatic amines is 2. The van der Waals surface area contributed by atoms with Crippen LogP contribution in [0.2, 0.25) is 0 Å². The van der Waals surface area contributed by atoms with E-state index < -0.39 is 5.60 Å². The summed E-state index contributed by atoms with van der Waals surface area (Å²) < 4.78 is 12.4. The molecule has 8 heteroatoms. The van der Waals surface area contributed by atoms with Gasteiger partial charge in [0.25, 0.3) is 0 Å². The van der Waals surface area contributed by atoms with E-state index in [-0.39, 0.29) is 17.6 Å². The molecule has 2 fully saturated rings. The number of amides is 1. The lowest BCUT2D eigenvalue weighted by Gasteiger charge is -2.35. The van der Waals surface area contributed by atoms with Gasteiger partial charge in [-0.25, -0.2) is 14.8 Å². The Labute approximate surface area is 288 Å². The van der Waals surface area contributed by atoms with Gasteiger partial charge in [0.05, 0.1) is 11.4 Å². The third-order valence-corrected chi connectivity index (χ3v) is 11.0. The van der Waals surface area contributed by atoms with Crippen LogP contribution in [0.1, 0.15) is 108 Å². The number of H-pyrrole nitrogens is 2. The highest BCUT2D eigenvalue weighted by Crippen LogP contribution is 2.50. The van der Waals surface area contributed by atoms with Crippen molar-refractivity contribution in [1.29, 1.82) is 0 Å². The normalized spacial score (nSPS) is 22.7. The number of aromatic nitrogens is 4. The number of rotatable bonds is 6. The number of nitrogens with one attached hydrogen (secondary N) is 2. The summed E-state index contributed by atoms with van der Waals surface area (Å²) in [5, 5.41) is 0. The summed E-state index contributed by atoms with van der Waals surface area (Å²) in [7, 11) is 0. The van der Waals surface area contributed by atoms with Crippen LogP contribution in [0.5, 0.6) is 11.5 Å². The van der Waals surface area contributed by atoms with Crippen molar-refractivity contribution in [3.05, 3.63) is 94.9 Å². The van der Waals surface area contributed by atoms with Crippen LogP contribution in [0.4, 0.5) is 4.79 Å². The maximum atomic E-state index is 13.2. The third-order valence-electron chi connectivity index (χ3n) is 11.0. The minimum absolute atomic E-state index is 0.275. The number of allylic oxidation sites excluding steroid dienone is 2. The average Bonchev–Trinajstić information content (AvgIpc) is 3.82. The Morgan fingerprint density at radius 3 is 2.24 bits per heavy atom. The smallest absolute Gasteiger partial charge is 0.411 e. The van der Waals surface area contributed by atoms with Crippen LogP contribution in [0.25, 0.3) is 22.5 Å². The van der Waals surface area contributed by atoms with Crippen LogP contribution >= 0.6 is 0 Å². The van der Waals surface area contributed by atoms with E-state index in [2.05, 4.69) is 78.6 Å². The second kappa shape index (κ2) is 11.0. The van der Waals surface area contributed by atoms with Crippen molar-refractivity contribution < 1.29 is 14.3 Å². The number of hydrogen-bond acceptors (Lipinski definition) is 5. The summed E-state index contributed by atoms with van der Waals surface area (Å²) in [5.74, 6) is 5.31. The summed E-state index contributed by atoms with van der Waals surface area (Å²) in [5.41, 5.74) is 8.23. The molecule has 0 radical (unpaired) electrons. The van der Waals surface area contributed by atoms with Crippen LogP contribution in [-0.2, 0) is 10.2 Å². The first-order valence-corrected chi connectivity index (χ1v) is 18.0. The molecule has 2 aromatic heterocycles. The average molecular weight is 656 g/mol. The number of imidazole rings is 2. The first kappa shape index (κ1) is 30.5. The van der Waals surface area contributed by atoms with Crippen molar-refractivity contribution in [1.82, 2.24) is 24.8 Å². The molecule has 0 spiro atoms. The number of carbonyl (C=O) groups excluding carboxylic acids is 1. The zero-order valence-corrected chi connectivity index (χ0v) is 29.1. The Morgan fingerprint density at radius 1 is 0.837 bits per heavy atom. The molecule has 49 heavy (non-hydrogen) atoms. The van der Waals surface area contributed by atoms with Crippen molar-refractivity contribution >= 4 is 6.09 Å². The molecule has 4 aromatic rings. The molecular formula is C41H45N5O3. The summed E-state index contributed by atoms with van der Waals surface area (Å²) in [6, 6.07) is 12.5. The van der Waals surface area contributed by atoms with Crippen molar-refractivity contribution in [2.75, 3.05) is 6.54 Å². The maximum absolute atomic E-state index is 13.2. The molecule has 2 N–H and O–H groups in total. The fraction of sp³-hybridized carbons (Fsp3) is 0.439. The molecule has 0 saturated heterocycles. The zero-order valence-electron chi connectivity index (χ0n) is 29.1. The quantitative estimate of drug-likeness (QED) is 0.202. The maximum Gasteiger partial charge on any atom is 0.411 e. The molecule has 2 aliphatic heterocycles. The van der Waals surface area contributed by atoms with Crippen molar-refractivity contribution in [3.63, 3.8) is 0 Å². The molecule has 252 valence electrons. The monoisotopic (exact) mass is 655 g/mol. The molecule has 2 saturated carbocycles. The standard InChI is InChI=1S/C41H45N5O3/c1-40(2,3)49-39(47)46-22-29(24-8-9-24)18-34(46)38-43-21-33(45-38)27-12-14-30-36(19-27)48-35-15-13-26(17-31(35)41(30,4)5)32-20-42-37(44-32)28-11-10-25(16-28)23-6-7-23/h12-21,23-24,28,34H,6-11,22H2,1-5H3,(H,42,44)(H,43,45)/t28-,34?/m0/s1. The highest BCUT2D eigenvalue weighted by Gasteiger charge is 2.40. The molecular weight excluding hydrogens is 610 g/mol. The molecule has 1 unspecified atom stereocenters. The van der Waals surface area contributed by atoms with Gasteiger partial charge in [-0.05, 0) is 101 Å². The first-order valence-electron chi connectivity index (χ1n) is 18.0. The first-order chi connectivity index (χ1) is 23.5. The zero-order chi connectivity index (χ0) is 33.7. The number of ether oxygens (including phenoxy) is 2. The van der Waals surface area contributed by atoms with Crippen LogP contribution in [0.15, 0.2) is 72.1 Å². The van der Waals surface area contributed by atoms with E-state index in [4.69, 9.17) is 19.4 Å². The van der Waals surface area contributed by atoms with Crippen LogP contribution < -0.4 is 4.74 Å². The van der Waals surface area contributed by atoms with Gasteiger partial charge in [-0.2, -0.15) is 0 Å². The molecule has 8 nitrogen and oxygen atoms in total. The van der Waals surface area contributed by atoms with Gasteiger partial charge < -0.3 is 19.4 Å². The second-order valence-corrected chi connectivity index (χ2v) is 16.2. The van der Waals surface area contributed by atoms with E-state index in [0.29, 0.717) is 18.4 Å². The van der Waals surface area contributed by atoms with E-state index in [9.17, 15) is 4.79 Å². The molecule has 4 heterocycles. The van der Waals surface area contributed by atoms with E-state index in [1.54, 1.807) is 10.5 Å². The van der Waals surface area contributed by atoms with Crippen LogP contribution in [-0.4, -0.2) is 43.1 Å². The number of benzene rings is 2. The highest BCUT2D eigenvalue weighted by molar-refractivity contribution is 5.72. The molecule has 0 bridgehead atoms. The largest absolute Gasteiger partial charge is 0.457 e. The van der Waals surface area contributed by atoms with Crippen LogP contribution in [0.3, 0.4) is 0 Å². The van der Waals surface area contributed by atoms with Gasteiger partial charge in [-0.1, -0.05) is 43.7 Å². The van der Waals surface area contributed by atoms with Gasteiger partial charge >= 0.3 is 6.09 Å². The SMILES string of the molecule is CC(C)(C)OC(=O)N1CC(C2CC2)=CC1c1nc(-c2ccc3c(c2)Oc2ccc(-c4c[nH]c([C@@H]5C=C(C6CC6)CC5)n4)cc2C3(C)C)c[nH]1. The number of nitrogens with zero attached hydrogens (tertiary/aromatic N) is 3. The Kier molecular flexibility index (Phi) is 6.81. The number of fused-ring (bicyclic) bond motifs is 2. The summed E-state index contributed by atoms with van der Waals surface area (Å²) in [6.07, 6.45) is 15.8. The number of hydrogen-bond donors (Lipinski definition) is 2.